The average Bonchev–Trinajstić information content (AvgIpc) is 2.52. The number of nitrogens with one attached hydrogen (secondary N) is 1. The van der Waals surface area contributed by atoms with Gasteiger partial charge in [-0.2, -0.15) is 0 Å². The van der Waals surface area contributed by atoms with Gasteiger partial charge in [-0.05, 0) is 23.8 Å². The summed E-state index contributed by atoms with van der Waals surface area (Å²) in [6, 6.07) is 8.80. The molecule has 0 aromatic heterocycles. The number of nitrogens with zero attached hydrogens (tertiary/aromatic N) is 1. The van der Waals surface area contributed by atoms with Gasteiger partial charge in [0, 0.05) is 26.7 Å². The van der Waals surface area contributed by atoms with Crippen LogP contribution < -0.4 is 5.32 Å². The second-order valence-corrected chi connectivity index (χ2v) is 7.32. The van der Waals surface area contributed by atoms with Crippen molar-refractivity contribution in [2.45, 2.75) is 11.4 Å². The Bertz CT molecular complexity index is 867. The highest BCUT2D eigenvalue weighted by Crippen LogP contribution is 2.18. The molecule has 0 saturated heterocycles. The quantitative estimate of drug-likeness (QED) is 0.895. The largest absolute Gasteiger partial charge is 0.348 e. The van der Waals surface area contributed by atoms with E-state index < -0.39 is 27.6 Å². The van der Waals surface area contributed by atoms with Crippen molar-refractivity contribution in [1.29, 1.82) is 0 Å². The Morgan fingerprint density at radius 2 is 1.79 bits per heavy atom. The summed E-state index contributed by atoms with van der Waals surface area (Å²) in [6.45, 7) is -0.112. The Morgan fingerprint density at radius 1 is 1.12 bits per heavy atom. The van der Waals surface area contributed by atoms with Gasteiger partial charge in [0.15, 0.2) is 0 Å². The molecule has 8 heteroatoms. The number of amides is 1. The second-order valence-electron chi connectivity index (χ2n) is 5.20. The first kappa shape index (κ1) is 18.0. The first-order chi connectivity index (χ1) is 11.2. The van der Waals surface area contributed by atoms with Gasteiger partial charge in [-0.25, -0.2) is 21.5 Å². The first-order valence-electron chi connectivity index (χ1n) is 6.97. The van der Waals surface area contributed by atoms with Gasteiger partial charge in [0.1, 0.15) is 11.6 Å². The van der Waals surface area contributed by atoms with Crippen LogP contribution in [0.1, 0.15) is 15.9 Å². The monoisotopic (exact) mass is 354 g/mol. The minimum absolute atomic E-state index is 0.0508. The fourth-order valence-electron chi connectivity index (χ4n) is 2.04. The lowest BCUT2D eigenvalue weighted by molar-refractivity contribution is 0.0946. The Labute approximate surface area is 139 Å². The average molecular weight is 354 g/mol. The molecule has 0 saturated carbocycles. The zero-order valence-electron chi connectivity index (χ0n) is 13.1. The zero-order chi connectivity index (χ0) is 17.9. The van der Waals surface area contributed by atoms with E-state index in [1.165, 1.54) is 20.2 Å². The minimum Gasteiger partial charge on any atom is -0.348 e. The van der Waals surface area contributed by atoms with Crippen molar-refractivity contribution in [2.24, 2.45) is 0 Å². The Hall–Kier alpha value is -2.32. The van der Waals surface area contributed by atoms with E-state index in [1.54, 1.807) is 18.2 Å². The molecule has 2 aromatic carbocycles. The van der Waals surface area contributed by atoms with Gasteiger partial charge in [0.2, 0.25) is 10.0 Å². The van der Waals surface area contributed by atoms with E-state index in [0.29, 0.717) is 11.6 Å². The van der Waals surface area contributed by atoms with E-state index >= 15 is 0 Å². The molecule has 0 fully saturated rings. The fraction of sp³-hybridized carbons (Fsp3) is 0.188. The summed E-state index contributed by atoms with van der Waals surface area (Å²) < 4.78 is 52.1. The van der Waals surface area contributed by atoms with Gasteiger partial charge in [-0.1, -0.05) is 18.2 Å². The van der Waals surface area contributed by atoms with Gasteiger partial charge in [0.25, 0.3) is 5.91 Å². The lowest BCUT2D eigenvalue weighted by Crippen LogP contribution is -2.27. The van der Waals surface area contributed by atoms with Crippen molar-refractivity contribution in [3.63, 3.8) is 0 Å². The maximum absolute atomic E-state index is 13.6. The van der Waals surface area contributed by atoms with Crippen molar-refractivity contribution in [3.8, 4) is 0 Å². The predicted octanol–water partition coefficient (Wildman–Crippen LogP) is 2.15. The SMILES string of the molecule is CN(C)S(=O)(=O)c1ccccc1CNC(=O)c1ccc(F)cc1F. The van der Waals surface area contributed by atoms with Crippen LogP contribution in [0.2, 0.25) is 0 Å². The molecule has 2 aromatic rings. The van der Waals surface area contributed by atoms with E-state index in [9.17, 15) is 22.0 Å². The topological polar surface area (TPSA) is 66.5 Å². The first-order valence-corrected chi connectivity index (χ1v) is 8.41. The van der Waals surface area contributed by atoms with Crippen LogP contribution in [0.15, 0.2) is 47.4 Å². The molecule has 0 unspecified atom stereocenters. The maximum atomic E-state index is 13.6. The third-order valence-corrected chi connectivity index (χ3v) is 5.26. The molecule has 1 amide bonds. The normalized spacial score (nSPS) is 11.5. The molecule has 0 radical (unpaired) electrons. The third kappa shape index (κ3) is 3.77. The molecule has 0 aliphatic rings. The zero-order valence-corrected chi connectivity index (χ0v) is 13.9. The summed E-state index contributed by atoms with van der Waals surface area (Å²) in [4.78, 5) is 12.1. The molecule has 0 spiro atoms. The van der Waals surface area contributed by atoms with Crippen LogP contribution in [0.25, 0.3) is 0 Å². The minimum atomic E-state index is -3.68. The number of hydrogen-bond donors (Lipinski definition) is 1. The summed E-state index contributed by atoms with van der Waals surface area (Å²) >= 11 is 0. The van der Waals surface area contributed by atoms with Crippen LogP contribution in [0.4, 0.5) is 8.78 Å². The molecule has 128 valence electrons. The molecular weight excluding hydrogens is 338 g/mol. The van der Waals surface area contributed by atoms with Crippen LogP contribution >= 0.6 is 0 Å². The Morgan fingerprint density at radius 3 is 2.42 bits per heavy atom. The molecule has 5 nitrogen and oxygen atoms in total. The van der Waals surface area contributed by atoms with Crippen LogP contribution in [0.5, 0.6) is 0 Å². The number of benzene rings is 2. The molecule has 0 heterocycles. The highest BCUT2D eigenvalue weighted by Gasteiger charge is 2.21. The molecular formula is C16H16F2N2O3S. The van der Waals surface area contributed by atoms with Gasteiger partial charge in [0.05, 0.1) is 10.5 Å². The number of halogens is 2. The number of sulfonamides is 1. The second kappa shape index (κ2) is 7.06. The van der Waals surface area contributed by atoms with E-state index in [4.69, 9.17) is 0 Å². The molecule has 1 N–H and O–H groups in total. The molecule has 2 rings (SSSR count). The van der Waals surface area contributed by atoms with Crippen LogP contribution in [-0.2, 0) is 16.6 Å². The van der Waals surface area contributed by atoms with E-state index in [0.717, 1.165) is 16.4 Å². The van der Waals surface area contributed by atoms with E-state index in [-0.39, 0.29) is 17.0 Å². The molecule has 0 atom stereocenters. The summed E-state index contributed by atoms with van der Waals surface area (Å²) in [5, 5.41) is 2.44. The van der Waals surface area contributed by atoms with Gasteiger partial charge >= 0.3 is 0 Å². The summed E-state index contributed by atoms with van der Waals surface area (Å²) in [6.07, 6.45) is 0. The Balaban J connectivity index is 2.23. The third-order valence-electron chi connectivity index (χ3n) is 3.35. The predicted molar refractivity (Wildman–Crippen MR) is 84.8 cm³/mol. The molecule has 0 bridgehead atoms. The number of carbonyl (C=O) groups is 1. The molecule has 0 aliphatic carbocycles. The van der Waals surface area contributed by atoms with Crippen molar-refractivity contribution >= 4 is 15.9 Å². The molecule has 0 aliphatic heterocycles. The number of carbonyl (C=O) groups excluding carboxylic acids is 1. The lowest BCUT2D eigenvalue weighted by Gasteiger charge is -2.15. The van der Waals surface area contributed by atoms with Crippen molar-refractivity contribution in [1.82, 2.24) is 9.62 Å². The van der Waals surface area contributed by atoms with Crippen LogP contribution in [-0.4, -0.2) is 32.7 Å². The Kier molecular flexibility index (Phi) is 5.30. The van der Waals surface area contributed by atoms with Gasteiger partial charge < -0.3 is 5.32 Å². The van der Waals surface area contributed by atoms with Gasteiger partial charge in [-0.15, -0.1) is 0 Å². The van der Waals surface area contributed by atoms with Crippen molar-refractivity contribution < 1.29 is 22.0 Å². The standard InChI is InChI=1S/C16H16F2N2O3S/c1-20(2)24(22,23)15-6-4-3-5-11(15)10-19-16(21)13-8-7-12(17)9-14(13)18/h3-9H,10H2,1-2H3,(H,19,21). The van der Waals surface area contributed by atoms with E-state index in [1.807, 2.05) is 0 Å². The maximum Gasteiger partial charge on any atom is 0.254 e. The van der Waals surface area contributed by atoms with Gasteiger partial charge in [-0.3, -0.25) is 4.79 Å². The highest BCUT2D eigenvalue weighted by molar-refractivity contribution is 7.89. The summed E-state index contributed by atoms with van der Waals surface area (Å²) in [5.41, 5.74) is 0.0476. The lowest BCUT2D eigenvalue weighted by atomic mass is 10.1. The summed E-state index contributed by atoms with van der Waals surface area (Å²) in [5.74, 6) is -2.53. The fourth-order valence-corrected chi connectivity index (χ4v) is 3.16. The van der Waals surface area contributed by atoms with E-state index in [2.05, 4.69) is 5.32 Å². The number of hydrogen-bond acceptors (Lipinski definition) is 3. The van der Waals surface area contributed by atoms with Crippen molar-refractivity contribution in [3.05, 3.63) is 65.2 Å². The summed E-state index contributed by atoms with van der Waals surface area (Å²) in [7, 11) is -0.873. The molecule has 24 heavy (non-hydrogen) atoms. The number of rotatable bonds is 5. The highest BCUT2D eigenvalue weighted by atomic mass is 32.2. The van der Waals surface area contributed by atoms with Crippen LogP contribution in [0, 0.1) is 11.6 Å². The van der Waals surface area contributed by atoms with Crippen LogP contribution in [0.3, 0.4) is 0 Å². The van der Waals surface area contributed by atoms with Crippen molar-refractivity contribution in [2.75, 3.05) is 14.1 Å². The smallest absolute Gasteiger partial charge is 0.254 e.